The van der Waals surface area contributed by atoms with Crippen LogP contribution in [0.2, 0.25) is 0 Å². The summed E-state index contributed by atoms with van der Waals surface area (Å²) in [7, 11) is 3.79. The van der Waals surface area contributed by atoms with Crippen molar-refractivity contribution < 1.29 is 41.7 Å². The summed E-state index contributed by atoms with van der Waals surface area (Å²) in [5, 5.41) is 4.55. The summed E-state index contributed by atoms with van der Waals surface area (Å²) in [6.07, 6.45) is -4.52. The number of benzene rings is 3. The molecule has 1 heterocycles. The fourth-order valence-corrected chi connectivity index (χ4v) is 3.92. The minimum absolute atomic E-state index is 0.00821. The molecule has 1 aromatic heterocycles. The van der Waals surface area contributed by atoms with Crippen LogP contribution in [0.15, 0.2) is 72.8 Å². The molecule has 202 valence electrons. The molecule has 11 heteroatoms. The van der Waals surface area contributed by atoms with Crippen LogP contribution in [-0.2, 0) is 22.3 Å². The molecule has 4 rings (SSSR count). The summed E-state index contributed by atoms with van der Waals surface area (Å²) in [5.41, 5.74) is 0.372. The molecule has 0 bridgehead atoms. The lowest BCUT2D eigenvalue weighted by molar-refractivity contribution is -0.137. The van der Waals surface area contributed by atoms with Crippen molar-refractivity contribution in [2.45, 2.75) is 12.8 Å². The molecule has 0 saturated carbocycles. The highest BCUT2D eigenvalue weighted by molar-refractivity contribution is 6.06. The van der Waals surface area contributed by atoms with E-state index in [1.165, 1.54) is 38.1 Å². The van der Waals surface area contributed by atoms with Crippen molar-refractivity contribution in [2.75, 3.05) is 21.3 Å². The van der Waals surface area contributed by atoms with E-state index in [1.807, 2.05) is 0 Å². The van der Waals surface area contributed by atoms with Crippen LogP contribution >= 0.6 is 0 Å². The molecule has 4 aromatic rings. The summed E-state index contributed by atoms with van der Waals surface area (Å²) in [6.45, 7) is -0.158. The zero-order valence-corrected chi connectivity index (χ0v) is 21.1. The van der Waals surface area contributed by atoms with E-state index >= 15 is 0 Å². The van der Waals surface area contributed by atoms with Gasteiger partial charge in [-0.1, -0.05) is 24.3 Å². The standard InChI is InChI=1S/C28H23F3N2O6/c1-36-22-13-12-17(14-18(22)16-39-21-11-7-8-19(15-21)28(29,30)31)24-23(26(34)37-2)25(27(35)38-3)33(32-24)20-9-5-4-6-10-20/h4-15H,16H2,1-3H3. The highest BCUT2D eigenvalue weighted by Crippen LogP contribution is 2.34. The fourth-order valence-electron chi connectivity index (χ4n) is 3.92. The van der Waals surface area contributed by atoms with E-state index in [1.54, 1.807) is 48.5 Å². The van der Waals surface area contributed by atoms with Crippen LogP contribution in [0, 0.1) is 0 Å². The van der Waals surface area contributed by atoms with Crippen LogP contribution in [-0.4, -0.2) is 43.0 Å². The van der Waals surface area contributed by atoms with E-state index in [-0.39, 0.29) is 29.3 Å². The van der Waals surface area contributed by atoms with Gasteiger partial charge in [-0.05, 0) is 48.5 Å². The van der Waals surface area contributed by atoms with Crippen LogP contribution in [0.3, 0.4) is 0 Å². The second kappa shape index (κ2) is 11.3. The summed E-state index contributed by atoms with van der Waals surface area (Å²) < 4.78 is 61.6. The van der Waals surface area contributed by atoms with E-state index in [4.69, 9.17) is 18.9 Å². The van der Waals surface area contributed by atoms with E-state index in [2.05, 4.69) is 5.10 Å². The topological polar surface area (TPSA) is 88.9 Å². The Morgan fingerprint density at radius 3 is 2.23 bits per heavy atom. The summed E-state index contributed by atoms with van der Waals surface area (Å²) in [4.78, 5) is 25.7. The monoisotopic (exact) mass is 540 g/mol. The second-order valence-corrected chi connectivity index (χ2v) is 8.14. The first kappa shape index (κ1) is 27.2. The summed E-state index contributed by atoms with van der Waals surface area (Å²) in [5.74, 6) is -1.22. The van der Waals surface area contributed by atoms with Gasteiger partial charge in [0.05, 0.1) is 32.6 Å². The number of halogens is 3. The minimum Gasteiger partial charge on any atom is -0.496 e. The Labute approximate surface area is 221 Å². The van der Waals surface area contributed by atoms with Crippen LogP contribution in [0.4, 0.5) is 13.2 Å². The smallest absolute Gasteiger partial charge is 0.416 e. The lowest BCUT2D eigenvalue weighted by Crippen LogP contribution is -2.15. The molecule has 0 aliphatic heterocycles. The molecule has 0 amide bonds. The molecule has 3 aromatic carbocycles. The molecule has 0 saturated heterocycles. The number of rotatable bonds is 8. The van der Waals surface area contributed by atoms with Crippen LogP contribution < -0.4 is 9.47 Å². The predicted molar refractivity (Wildman–Crippen MR) is 134 cm³/mol. The van der Waals surface area contributed by atoms with Gasteiger partial charge in [0.1, 0.15) is 29.4 Å². The van der Waals surface area contributed by atoms with Crippen LogP contribution in [0.5, 0.6) is 11.5 Å². The SMILES string of the molecule is COC(=O)c1c(-c2ccc(OC)c(COc3cccc(C(F)(F)F)c3)c2)nn(-c2ccccc2)c1C(=O)OC. The molecule has 0 radical (unpaired) electrons. The largest absolute Gasteiger partial charge is 0.496 e. The van der Waals surface area contributed by atoms with E-state index in [9.17, 15) is 22.8 Å². The second-order valence-electron chi connectivity index (χ2n) is 8.14. The molecule has 0 fully saturated rings. The van der Waals surface area contributed by atoms with Gasteiger partial charge in [-0.3, -0.25) is 0 Å². The van der Waals surface area contributed by atoms with Gasteiger partial charge < -0.3 is 18.9 Å². The van der Waals surface area contributed by atoms with Gasteiger partial charge in [0.15, 0.2) is 5.69 Å². The van der Waals surface area contributed by atoms with Crippen molar-refractivity contribution in [1.29, 1.82) is 0 Å². The Morgan fingerprint density at radius 1 is 0.872 bits per heavy atom. The van der Waals surface area contributed by atoms with Crippen molar-refractivity contribution in [3.8, 4) is 28.4 Å². The first-order valence-electron chi connectivity index (χ1n) is 11.5. The van der Waals surface area contributed by atoms with Gasteiger partial charge >= 0.3 is 18.1 Å². The number of methoxy groups -OCH3 is 3. The Morgan fingerprint density at radius 2 is 1.59 bits per heavy atom. The lowest BCUT2D eigenvalue weighted by atomic mass is 10.0. The zero-order valence-electron chi connectivity index (χ0n) is 21.1. The van der Waals surface area contributed by atoms with Crippen LogP contribution in [0.25, 0.3) is 16.9 Å². The first-order chi connectivity index (χ1) is 18.7. The summed E-state index contributed by atoms with van der Waals surface area (Å²) >= 11 is 0. The number of alkyl halides is 3. The number of hydrogen-bond donors (Lipinski definition) is 0. The molecule has 0 spiro atoms. The molecule has 0 aliphatic carbocycles. The number of carbonyl (C=O) groups is 2. The maximum Gasteiger partial charge on any atom is 0.416 e. The molecule has 0 atom stereocenters. The number of esters is 2. The van der Waals surface area contributed by atoms with Crippen molar-refractivity contribution in [2.24, 2.45) is 0 Å². The molecular formula is C28H23F3N2O6. The van der Waals surface area contributed by atoms with Crippen molar-refractivity contribution >= 4 is 11.9 Å². The van der Waals surface area contributed by atoms with Gasteiger partial charge in [-0.25, -0.2) is 14.3 Å². The molecular weight excluding hydrogens is 517 g/mol. The average molecular weight is 540 g/mol. The third kappa shape index (κ3) is 5.71. The molecule has 39 heavy (non-hydrogen) atoms. The van der Waals surface area contributed by atoms with Gasteiger partial charge in [0.25, 0.3) is 0 Å². The number of ether oxygens (including phenoxy) is 4. The Hall–Kier alpha value is -4.80. The molecule has 0 N–H and O–H groups in total. The first-order valence-corrected chi connectivity index (χ1v) is 11.5. The number of carbonyl (C=O) groups excluding carboxylic acids is 2. The Kier molecular flexibility index (Phi) is 7.89. The van der Waals surface area contributed by atoms with Gasteiger partial charge in [-0.15, -0.1) is 0 Å². The lowest BCUT2D eigenvalue weighted by Gasteiger charge is -2.13. The quantitative estimate of drug-likeness (QED) is 0.264. The van der Waals surface area contributed by atoms with Crippen molar-refractivity contribution in [3.63, 3.8) is 0 Å². The highest BCUT2D eigenvalue weighted by Gasteiger charge is 2.32. The maximum atomic E-state index is 13.1. The van der Waals surface area contributed by atoms with Crippen molar-refractivity contribution in [3.05, 3.63) is 95.2 Å². The van der Waals surface area contributed by atoms with E-state index < -0.39 is 23.7 Å². The van der Waals surface area contributed by atoms with Crippen molar-refractivity contribution in [1.82, 2.24) is 9.78 Å². The molecule has 0 aliphatic rings. The Balaban J connectivity index is 1.81. The van der Waals surface area contributed by atoms with Crippen LogP contribution in [0.1, 0.15) is 32.0 Å². The third-order valence-electron chi connectivity index (χ3n) is 5.76. The fraction of sp³-hybridized carbons (Fsp3) is 0.179. The average Bonchev–Trinajstić information content (AvgIpc) is 3.36. The van der Waals surface area contributed by atoms with E-state index in [0.29, 0.717) is 22.6 Å². The highest BCUT2D eigenvalue weighted by atomic mass is 19.4. The van der Waals surface area contributed by atoms with Gasteiger partial charge in [-0.2, -0.15) is 18.3 Å². The van der Waals surface area contributed by atoms with Gasteiger partial charge in [0, 0.05) is 11.1 Å². The zero-order chi connectivity index (χ0) is 28.2. The third-order valence-corrected chi connectivity index (χ3v) is 5.76. The number of para-hydroxylation sites is 1. The predicted octanol–water partition coefficient (Wildman–Crippen LogP) is 5.72. The number of hydrogen-bond acceptors (Lipinski definition) is 7. The normalized spacial score (nSPS) is 11.1. The minimum atomic E-state index is -4.52. The Bertz CT molecular complexity index is 1500. The molecule has 0 unspecified atom stereocenters. The number of nitrogens with zero attached hydrogens (tertiary/aromatic N) is 2. The van der Waals surface area contributed by atoms with E-state index in [0.717, 1.165) is 12.1 Å². The van der Waals surface area contributed by atoms with Gasteiger partial charge in [0.2, 0.25) is 0 Å². The molecule has 8 nitrogen and oxygen atoms in total. The number of aromatic nitrogens is 2. The summed E-state index contributed by atoms with van der Waals surface area (Å²) in [6, 6.07) is 18.0. The maximum absolute atomic E-state index is 13.1.